The first kappa shape index (κ1) is 27.6. The van der Waals surface area contributed by atoms with Gasteiger partial charge in [-0.05, 0) is 58.9 Å². The van der Waals surface area contributed by atoms with Crippen molar-refractivity contribution in [3.63, 3.8) is 0 Å². The first-order valence-electron chi connectivity index (χ1n) is 9.88. The molecule has 2 nitrogen and oxygen atoms in total. The molecule has 0 unspecified atom stereocenters. The Morgan fingerprint density at radius 2 is 1.11 bits per heavy atom. The van der Waals surface area contributed by atoms with Crippen LogP contribution in [0.15, 0.2) is 9.15 Å². The molecule has 158 valence electrons. The molecule has 0 radical (unpaired) electrons. The van der Waals surface area contributed by atoms with Crippen molar-refractivity contribution in [2.75, 3.05) is 13.2 Å². The Kier molecular flexibility index (Phi) is 9.82. The molecule has 6 heteroatoms. The van der Waals surface area contributed by atoms with Crippen LogP contribution in [-0.4, -0.2) is 37.9 Å². The Morgan fingerprint density at radius 1 is 0.741 bits per heavy atom. The van der Waals surface area contributed by atoms with Crippen LogP contribution in [0.1, 0.15) is 41.5 Å². The van der Waals surface area contributed by atoms with Gasteiger partial charge in [-0.3, -0.25) is 0 Å². The van der Waals surface area contributed by atoms with Crippen LogP contribution >= 0.6 is 22.6 Å². The van der Waals surface area contributed by atoms with Crippen molar-refractivity contribution in [3.05, 3.63) is 9.15 Å². The molecule has 0 aliphatic rings. The molecule has 0 aliphatic heterocycles. The van der Waals surface area contributed by atoms with Gasteiger partial charge in [-0.2, -0.15) is 0 Å². The maximum absolute atomic E-state index is 6.49. The third-order valence-corrected chi connectivity index (χ3v) is 16.5. The lowest BCUT2D eigenvalue weighted by Gasteiger charge is -2.37. The molecule has 0 bridgehead atoms. The van der Waals surface area contributed by atoms with Crippen molar-refractivity contribution in [3.8, 4) is 11.5 Å². The van der Waals surface area contributed by atoms with E-state index in [-0.39, 0.29) is 10.1 Å². The molecular weight excluding hydrogens is 495 g/mol. The molecule has 27 heavy (non-hydrogen) atoms. The van der Waals surface area contributed by atoms with Crippen LogP contribution in [0.4, 0.5) is 0 Å². The van der Waals surface area contributed by atoms with E-state index < -0.39 is 24.7 Å². The van der Waals surface area contributed by atoms with E-state index in [2.05, 4.69) is 121 Å². The largest absolute Gasteiger partial charge is 0.412 e. The fraction of sp³-hybridized carbons (Fsp3) is 0.810. The topological polar surface area (TPSA) is 18.5 Å². The molecule has 0 saturated heterocycles. The molecule has 0 aromatic carbocycles. The van der Waals surface area contributed by atoms with Gasteiger partial charge in [0.2, 0.25) is 0 Å². The molecule has 0 amide bonds. The third-order valence-electron chi connectivity index (χ3n) is 5.67. The normalized spacial score (nSPS) is 15.2. The summed E-state index contributed by atoms with van der Waals surface area (Å²) in [4.78, 5) is 0. The number of hydrogen-bond acceptors (Lipinski definition) is 2. The minimum Gasteiger partial charge on any atom is -0.412 e. The predicted octanol–water partition coefficient (Wildman–Crippen LogP) is 7.60. The average molecular weight is 539 g/mol. The molecular formula is C21H43IO2Si3. The number of hydrogen-bond donors (Lipinski definition) is 0. The summed E-state index contributed by atoms with van der Waals surface area (Å²) in [7, 11) is -5.02. The van der Waals surface area contributed by atoms with Gasteiger partial charge in [-0.1, -0.05) is 67.1 Å². The molecule has 0 aromatic heterocycles. The minimum absolute atomic E-state index is 0.202. The van der Waals surface area contributed by atoms with Crippen molar-refractivity contribution in [2.24, 2.45) is 0 Å². The van der Waals surface area contributed by atoms with Crippen LogP contribution in [0, 0.1) is 11.5 Å². The molecule has 0 heterocycles. The second kappa shape index (κ2) is 9.61. The summed E-state index contributed by atoms with van der Waals surface area (Å²) < 4.78 is 14.1. The smallest absolute Gasteiger partial charge is 0.192 e. The molecule has 0 aliphatic carbocycles. The fourth-order valence-corrected chi connectivity index (χ4v) is 4.60. The molecule has 0 atom stereocenters. The SMILES string of the molecule is CC(C)(C)[Si](C)(C)OC/C(I)=C(/C#C[Si](C)(C)C)CO[Si](C)(C)C(C)(C)C. The van der Waals surface area contributed by atoms with E-state index in [0.717, 1.165) is 5.57 Å². The van der Waals surface area contributed by atoms with E-state index in [1.54, 1.807) is 0 Å². The lowest BCUT2D eigenvalue weighted by atomic mass is 10.2. The van der Waals surface area contributed by atoms with Crippen molar-refractivity contribution >= 4 is 47.3 Å². The van der Waals surface area contributed by atoms with Gasteiger partial charge in [-0.25, -0.2) is 0 Å². The van der Waals surface area contributed by atoms with Crippen LogP contribution < -0.4 is 0 Å². The quantitative estimate of drug-likeness (QED) is 0.197. The Morgan fingerprint density at radius 3 is 1.44 bits per heavy atom. The van der Waals surface area contributed by atoms with Crippen molar-refractivity contribution in [1.82, 2.24) is 0 Å². The lowest BCUT2D eigenvalue weighted by molar-refractivity contribution is 0.311. The monoisotopic (exact) mass is 538 g/mol. The van der Waals surface area contributed by atoms with Gasteiger partial charge in [0.15, 0.2) is 16.6 Å². The Labute approximate surface area is 186 Å². The molecule has 0 rings (SSSR count). The summed E-state index contributed by atoms with van der Waals surface area (Å²) in [6.45, 7) is 31.0. The van der Waals surface area contributed by atoms with Crippen molar-refractivity contribution in [1.29, 1.82) is 0 Å². The standard InChI is InChI=1S/C21H43IO2Si3/c1-20(2,3)26(10,11)23-16-18(14-15-25(7,8)9)19(22)17-24-27(12,13)21(4,5)6/h16-17H2,1-13H3/b19-18+. The highest BCUT2D eigenvalue weighted by atomic mass is 127. The van der Waals surface area contributed by atoms with Crippen LogP contribution in [-0.2, 0) is 8.85 Å². The highest BCUT2D eigenvalue weighted by molar-refractivity contribution is 14.1. The summed E-state index contributed by atoms with van der Waals surface area (Å²) in [5.41, 5.74) is 4.64. The molecule has 0 N–H and O–H groups in total. The molecule has 0 fully saturated rings. The predicted molar refractivity (Wildman–Crippen MR) is 138 cm³/mol. The fourth-order valence-electron chi connectivity index (χ4n) is 1.46. The molecule has 0 aromatic rings. The van der Waals surface area contributed by atoms with Gasteiger partial charge >= 0.3 is 0 Å². The first-order chi connectivity index (χ1) is 11.7. The van der Waals surface area contributed by atoms with E-state index in [4.69, 9.17) is 8.85 Å². The van der Waals surface area contributed by atoms with Crippen LogP contribution in [0.25, 0.3) is 0 Å². The van der Waals surface area contributed by atoms with Gasteiger partial charge in [0, 0.05) is 9.15 Å². The average Bonchev–Trinajstić information content (AvgIpc) is 2.41. The summed E-state index contributed by atoms with van der Waals surface area (Å²) in [6, 6.07) is 0. The molecule has 0 spiro atoms. The van der Waals surface area contributed by atoms with Gasteiger partial charge in [0.1, 0.15) is 8.07 Å². The van der Waals surface area contributed by atoms with Gasteiger partial charge < -0.3 is 8.85 Å². The van der Waals surface area contributed by atoms with Crippen LogP contribution in [0.3, 0.4) is 0 Å². The summed E-state index contributed by atoms with van der Waals surface area (Å²) in [5, 5.41) is 0.416. The van der Waals surface area contributed by atoms with Gasteiger partial charge in [0.05, 0.1) is 13.2 Å². The maximum atomic E-state index is 6.49. The van der Waals surface area contributed by atoms with Crippen LogP contribution in [0.5, 0.6) is 0 Å². The minimum atomic E-state index is -1.80. The maximum Gasteiger partial charge on any atom is 0.192 e. The van der Waals surface area contributed by atoms with Gasteiger partial charge in [-0.15, -0.1) is 5.54 Å². The third kappa shape index (κ3) is 9.77. The summed E-state index contributed by atoms with van der Waals surface area (Å²) >= 11 is 2.42. The zero-order valence-corrected chi connectivity index (χ0v) is 25.3. The summed E-state index contributed by atoms with van der Waals surface area (Å²) in [6.07, 6.45) is 0. The number of rotatable bonds is 6. The Balaban J connectivity index is 5.58. The lowest BCUT2D eigenvalue weighted by Crippen LogP contribution is -2.41. The van der Waals surface area contributed by atoms with Crippen molar-refractivity contribution < 1.29 is 8.85 Å². The molecule has 0 saturated carbocycles. The van der Waals surface area contributed by atoms with E-state index in [9.17, 15) is 0 Å². The van der Waals surface area contributed by atoms with E-state index >= 15 is 0 Å². The van der Waals surface area contributed by atoms with Gasteiger partial charge in [0.25, 0.3) is 0 Å². The van der Waals surface area contributed by atoms with E-state index in [1.807, 2.05) is 0 Å². The zero-order valence-electron chi connectivity index (χ0n) is 20.1. The Bertz CT molecular complexity index is 592. The zero-order chi connectivity index (χ0) is 21.9. The second-order valence-electron chi connectivity index (χ2n) is 11.5. The highest BCUT2D eigenvalue weighted by Crippen LogP contribution is 2.38. The van der Waals surface area contributed by atoms with Crippen molar-refractivity contribution in [2.45, 2.75) is 97.4 Å². The van der Waals surface area contributed by atoms with Crippen LogP contribution in [0.2, 0.25) is 55.9 Å². The Hall–Kier alpha value is 0.601. The highest BCUT2D eigenvalue weighted by Gasteiger charge is 2.38. The summed E-state index contributed by atoms with van der Waals surface area (Å²) in [5.74, 6) is 3.47. The second-order valence-corrected chi connectivity index (χ2v) is 27.2. The van der Waals surface area contributed by atoms with E-state index in [0.29, 0.717) is 13.2 Å². The number of halogens is 1. The first-order valence-corrected chi connectivity index (χ1v) is 20.3. The van der Waals surface area contributed by atoms with E-state index in [1.165, 1.54) is 3.58 Å².